The SMILES string of the molecule is Cc1cc(CS(=O)(=O)c2ccc(NC(=O)NCc3cccnc3)cc2)ccc1F. The molecule has 0 atom stereocenters. The minimum Gasteiger partial charge on any atom is -0.334 e. The van der Waals surface area contributed by atoms with Gasteiger partial charge in [0.15, 0.2) is 9.84 Å². The number of urea groups is 1. The number of carbonyl (C=O) groups is 1. The van der Waals surface area contributed by atoms with E-state index >= 15 is 0 Å². The van der Waals surface area contributed by atoms with Crippen molar-refractivity contribution in [2.75, 3.05) is 5.32 Å². The van der Waals surface area contributed by atoms with Gasteiger partial charge in [-0.15, -0.1) is 0 Å². The highest BCUT2D eigenvalue weighted by Crippen LogP contribution is 2.20. The number of aryl methyl sites for hydroxylation is 1. The quantitative estimate of drug-likeness (QED) is 0.643. The molecule has 0 aliphatic rings. The number of nitrogens with one attached hydrogen (secondary N) is 2. The zero-order chi connectivity index (χ0) is 20.9. The number of anilines is 1. The fraction of sp³-hybridized carbons (Fsp3) is 0.143. The van der Waals surface area contributed by atoms with Gasteiger partial charge in [0.25, 0.3) is 0 Å². The Morgan fingerprint density at radius 3 is 2.48 bits per heavy atom. The molecule has 3 aromatic rings. The molecule has 0 unspecified atom stereocenters. The predicted molar refractivity (Wildman–Crippen MR) is 109 cm³/mol. The van der Waals surface area contributed by atoms with Crippen molar-refractivity contribution in [3.05, 3.63) is 89.5 Å². The smallest absolute Gasteiger partial charge is 0.319 e. The summed E-state index contributed by atoms with van der Waals surface area (Å²) in [5.74, 6) is -0.602. The van der Waals surface area contributed by atoms with Crippen molar-refractivity contribution in [3.8, 4) is 0 Å². The lowest BCUT2D eigenvalue weighted by Gasteiger charge is -2.09. The number of pyridine rings is 1. The number of amides is 2. The maximum absolute atomic E-state index is 13.4. The molecular weight excluding hydrogens is 393 g/mol. The van der Waals surface area contributed by atoms with Crippen LogP contribution in [-0.4, -0.2) is 19.4 Å². The van der Waals surface area contributed by atoms with Crippen LogP contribution in [0.4, 0.5) is 14.9 Å². The fourth-order valence-corrected chi connectivity index (χ4v) is 4.04. The second kappa shape index (κ2) is 8.83. The number of benzene rings is 2. The molecule has 8 heteroatoms. The van der Waals surface area contributed by atoms with Gasteiger partial charge in [0.05, 0.1) is 10.6 Å². The number of rotatable bonds is 6. The first kappa shape index (κ1) is 20.5. The number of aromatic nitrogens is 1. The van der Waals surface area contributed by atoms with Gasteiger partial charge in [-0.3, -0.25) is 4.98 Å². The second-order valence-corrected chi connectivity index (χ2v) is 8.53. The van der Waals surface area contributed by atoms with Crippen LogP contribution in [0.2, 0.25) is 0 Å². The zero-order valence-electron chi connectivity index (χ0n) is 15.7. The molecule has 0 aliphatic carbocycles. The van der Waals surface area contributed by atoms with Gasteiger partial charge in [-0.25, -0.2) is 17.6 Å². The second-order valence-electron chi connectivity index (χ2n) is 6.54. The number of hydrogen-bond acceptors (Lipinski definition) is 4. The third-order valence-corrected chi connectivity index (χ3v) is 5.93. The lowest BCUT2D eigenvalue weighted by atomic mass is 10.1. The van der Waals surface area contributed by atoms with Crippen LogP contribution < -0.4 is 10.6 Å². The summed E-state index contributed by atoms with van der Waals surface area (Å²) >= 11 is 0. The van der Waals surface area contributed by atoms with E-state index in [1.807, 2.05) is 6.07 Å². The van der Waals surface area contributed by atoms with Gasteiger partial charge in [-0.1, -0.05) is 18.2 Å². The summed E-state index contributed by atoms with van der Waals surface area (Å²) in [6.45, 7) is 1.91. The highest BCUT2D eigenvalue weighted by Gasteiger charge is 2.16. The van der Waals surface area contributed by atoms with Gasteiger partial charge in [-0.05, 0) is 60.0 Å². The zero-order valence-corrected chi connectivity index (χ0v) is 16.5. The molecule has 0 fully saturated rings. The summed E-state index contributed by atoms with van der Waals surface area (Å²) in [6, 6.07) is 13.4. The minimum absolute atomic E-state index is 0.126. The average molecular weight is 413 g/mol. The third-order valence-electron chi connectivity index (χ3n) is 4.23. The van der Waals surface area contributed by atoms with E-state index in [4.69, 9.17) is 0 Å². The molecule has 0 bridgehead atoms. The maximum Gasteiger partial charge on any atom is 0.319 e. The summed E-state index contributed by atoms with van der Waals surface area (Å²) in [4.78, 5) is 16.1. The largest absolute Gasteiger partial charge is 0.334 e. The van der Waals surface area contributed by atoms with Crippen LogP contribution in [0.25, 0.3) is 0 Å². The molecule has 0 saturated carbocycles. The van der Waals surface area contributed by atoms with Crippen LogP contribution in [0.5, 0.6) is 0 Å². The first-order chi connectivity index (χ1) is 13.8. The Morgan fingerprint density at radius 2 is 1.83 bits per heavy atom. The normalized spacial score (nSPS) is 11.1. The Morgan fingerprint density at radius 1 is 1.07 bits per heavy atom. The third kappa shape index (κ3) is 5.61. The van der Waals surface area contributed by atoms with E-state index in [0.717, 1.165) is 5.56 Å². The summed E-state index contributed by atoms with van der Waals surface area (Å²) in [7, 11) is -3.59. The standard InChI is InChI=1S/C21H20FN3O3S/c1-15-11-16(4-9-20(15)22)14-29(27,28)19-7-5-18(6-8-19)25-21(26)24-13-17-3-2-10-23-12-17/h2-12H,13-14H2,1H3,(H2,24,25,26). The molecule has 1 aromatic heterocycles. The van der Waals surface area contributed by atoms with Crippen molar-refractivity contribution in [2.45, 2.75) is 24.1 Å². The van der Waals surface area contributed by atoms with Crippen LogP contribution >= 0.6 is 0 Å². The number of carbonyl (C=O) groups excluding carboxylic acids is 1. The van der Waals surface area contributed by atoms with Crippen molar-refractivity contribution in [2.24, 2.45) is 0 Å². The molecule has 0 radical (unpaired) electrons. The molecule has 0 saturated heterocycles. The van der Waals surface area contributed by atoms with Gasteiger partial charge >= 0.3 is 6.03 Å². The highest BCUT2D eigenvalue weighted by molar-refractivity contribution is 7.90. The number of hydrogen-bond donors (Lipinski definition) is 2. The average Bonchev–Trinajstić information content (AvgIpc) is 2.70. The van der Waals surface area contributed by atoms with Gasteiger partial charge in [-0.2, -0.15) is 0 Å². The van der Waals surface area contributed by atoms with Crippen LogP contribution in [0, 0.1) is 12.7 Å². The topological polar surface area (TPSA) is 88.2 Å². The Kier molecular flexibility index (Phi) is 6.23. The Balaban J connectivity index is 1.61. The summed E-state index contributed by atoms with van der Waals surface area (Å²) in [6.07, 6.45) is 3.30. The van der Waals surface area contributed by atoms with Crippen LogP contribution in [-0.2, 0) is 22.1 Å². The monoisotopic (exact) mass is 413 g/mol. The van der Waals surface area contributed by atoms with Crippen molar-refractivity contribution in [1.29, 1.82) is 0 Å². The van der Waals surface area contributed by atoms with Crippen LogP contribution in [0.15, 0.2) is 71.9 Å². The van der Waals surface area contributed by atoms with Gasteiger partial charge in [0.2, 0.25) is 0 Å². The van der Waals surface area contributed by atoms with Crippen molar-refractivity contribution >= 4 is 21.6 Å². The Bertz CT molecular complexity index is 1100. The van der Waals surface area contributed by atoms with E-state index in [-0.39, 0.29) is 16.5 Å². The Labute approximate surface area is 168 Å². The van der Waals surface area contributed by atoms with Gasteiger partial charge in [0.1, 0.15) is 5.82 Å². The molecular formula is C21H20FN3O3S. The number of halogens is 1. The lowest BCUT2D eigenvalue weighted by molar-refractivity contribution is 0.251. The maximum atomic E-state index is 13.4. The predicted octanol–water partition coefficient (Wildman–Crippen LogP) is 3.82. The molecule has 6 nitrogen and oxygen atoms in total. The summed E-state index contributed by atoms with van der Waals surface area (Å²) in [5, 5.41) is 5.34. The minimum atomic E-state index is -3.59. The molecule has 0 aliphatic heterocycles. The van der Waals surface area contributed by atoms with E-state index in [1.165, 1.54) is 42.5 Å². The van der Waals surface area contributed by atoms with Crippen LogP contribution in [0.1, 0.15) is 16.7 Å². The fourth-order valence-electron chi connectivity index (χ4n) is 2.71. The number of sulfone groups is 1. The number of nitrogens with zero attached hydrogens (tertiary/aromatic N) is 1. The lowest BCUT2D eigenvalue weighted by Crippen LogP contribution is -2.28. The van der Waals surface area contributed by atoms with Crippen molar-refractivity contribution in [3.63, 3.8) is 0 Å². The van der Waals surface area contributed by atoms with E-state index < -0.39 is 15.9 Å². The van der Waals surface area contributed by atoms with E-state index in [0.29, 0.717) is 23.4 Å². The van der Waals surface area contributed by atoms with E-state index in [9.17, 15) is 17.6 Å². The Hall–Kier alpha value is -3.26. The molecule has 150 valence electrons. The molecule has 0 spiro atoms. The molecule has 3 rings (SSSR count). The van der Waals surface area contributed by atoms with E-state index in [2.05, 4.69) is 15.6 Å². The van der Waals surface area contributed by atoms with Crippen LogP contribution in [0.3, 0.4) is 0 Å². The first-order valence-corrected chi connectivity index (χ1v) is 10.5. The first-order valence-electron chi connectivity index (χ1n) is 8.85. The summed E-state index contributed by atoms with van der Waals surface area (Å²) in [5.41, 5.74) is 2.24. The van der Waals surface area contributed by atoms with Gasteiger partial charge < -0.3 is 10.6 Å². The summed E-state index contributed by atoms with van der Waals surface area (Å²) < 4.78 is 38.5. The molecule has 1 heterocycles. The highest BCUT2D eigenvalue weighted by atomic mass is 32.2. The molecule has 2 amide bonds. The molecule has 2 N–H and O–H groups in total. The van der Waals surface area contributed by atoms with Crippen molar-refractivity contribution < 1.29 is 17.6 Å². The molecule has 29 heavy (non-hydrogen) atoms. The molecule has 2 aromatic carbocycles. The van der Waals surface area contributed by atoms with Gasteiger partial charge in [0, 0.05) is 24.6 Å². The van der Waals surface area contributed by atoms with E-state index in [1.54, 1.807) is 25.4 Å². The van der Waals surface area contributed by atoms with Crippen molar-refractivity contribution in [1.82, 2.24) is 10.3 Å².